The van der Waals surface area contributed by atoms with Crippen LogP contribution in [0, 0.1) is 13.8 Å². The Hall–Kier alpha value is -1.05. The van der Waals surface area contributed by atoms with E-state index in [1.807, 2.05) is 19.9 Å². The number of hydrogen-bond donors (Lipinski definition) is 1. The maximum absolute atomic E-state index is 5.68. The molecular weight excluding hydrogens is 136 g/mol. The maximum atomic E-state index is 5.68. The van der Waals surface area contributed by atoms with Crippen molar-refractivity contribution in [1.29, 1.82) is 0 Å². The summed E-state index contributed by atoms with van der Waals surface area (Å²) in [6.07, 6.45) is 0.979. The molecule has 0 radical (unpaired) electrons. The fourth-order valence-corrected chi connectivity index (χ4v) is 1.13. The Bertz CT molecular complexity index is 267. The zero-order chi connectivity index (χ0) is 8.43. The molecule has 0 aromatic carbocycles. The third-order valence-electron chi connectivity index (χ3n) is 1.88. The van der Waals surface area contributed by atoms with Crippen LogP contribution in [0.4, 0.5) is 5.69 Å². The van der Waals surface area contributed by atoms with Gasteiger partial charge in [0.25, 0.3) is 0 Å². The Morgan fingerprint density at radius 1 is 1.45 bits per heavy atom. The highest BCUT2D eigenvalue weighted by atomic mass is 14.8. The van der Waals surface area contributed by atoms with Crippen molar-refractivity contribution < 1.29 is 0 Å². The quantitative estimate of drug-likeness (QED) is 0.663. The topological polar surface area (TPSA) is 38.9 Å². The largest absolute Gasteiger partial charge is 0.397 e. The first-order valence-corrected chi connectivity index (χ1v) is 3.87. The molecule has 0 atom stereocenters. The molecule has 0 saturated carbocycles. The Morgan fingerprint density at radius 2 is 2.09 bits per heavy atom. The zero-order valence-electron chi connectivity index (χ0n) is 7.31. The van der Waals surface area contributed by atoms with Crippen molar-refractivity contribution in [3.8, 4) is 0 Å². The molecule has 2 N–H and O–H groups in total. The lowest BCUT2D eigenvalue weighted by Gasteiger charge is -2.05. The van der Waals surface area contributed by atoms with Gasteiger partial charge in [-0.1, -0.05) is 6.92 Å². The molecule has 0 amide bonds. The number of pyridine rings is 1. The molecular formula is C9H14N2. The van der Waals surface area contributed by atoms with Gasteiger partial charge in [-0.05, 0) is 31.9 Å². The molecule has 1 aromatic rings. The van der Waals surface area contributed by atoms with Gasteiger partial charge in [-0.2, -0.15) is 0 Å². The first kappa shape index (κ1) is 8.05. The van der Waals surface area contributed by atoms with Crippen molar-refractivity contribution in [3.05, 3.63) is 23.0 Å². The summed E-state index contributed by atoms with van der Waals surface area (Å²) >= 11 is 0. The molecule has 60 valence electrons. The molecule has 0 fully saturated rings. The molecule has 0 aliphatic heterocycles. The smallest absolute Gasteiger partial charge is 0.0605 e. The highest BCUT2D eigenvalue weighted by Crippen LogP contribution is 2.13. The van der Waals surface area contributed by atoms with E-state index in [0.717, 1.165) is 23.5 Å². The fraction of sp³-hybridized carbons (Fsp3) is 0.444. The minimum absolute atomic E-state index is 0.791. The number of nitrogens with two attached hydrogens (primary N) is 1. The normalized spacial score (nSPS) is 10.1. The minimum atomic E-state index is 0.791. The lowest BCUT2D eigenvalue weighted by Crippen LogP contribution is -1.99. The lowest BCUT2D eigenvalue weighted by molar-refractivity contribution is 0.985. The van der Waals surface area contributed by atoms with E-state index in [1.165, 1.54) is 5.56 Å². The fourth-order valence-electron chi connectivity index (χ4n) is 1.13. The second-order valence-electron chi connectivity index (χ2n) is 2.78. The van der Waals surface area contributed by atoms with Crippen LogP contribution in [0.1, 0.15) is 23.9 Å². The summed E-state index contributed by atoms with van der Waals surface area (Å²) in [4.78, 5) is 4.37. The highest BCUT2D eigenvalue weighted by Gasteiger charge is 2.00. The van der Waals surface area contributed by atoms with Gasteiger partial charge >= 0.3 is 0 Å². The van der Waals surface area contributed by atoms with Crippen molar-refractivity contribution in [2.45, 2.75) is 27.2 Å². The summed E-state index contributed by atoms with van der Waals surface area (Å²) in [6.45, 7) is 6.08. The van der Waals surface area contributed by atoms with E-state index in [9.17, 15) is 0 Å². The van der Waals surface area contributed by atoms with E-state index >= 15 is 0 Å². The Balaban J connectivity index is 3.21. The first-order valence-electron chi connectivity index (χ1n) is 3.87. The molecule has 0 spiro atoms. The molecule has 0 bridgehead atoms. The molecule has 1 aromatic heterocycles. The van der Waals surface area contributed by atoms with Gasteiger partial charge in [0.2, 0.25) is 0 Å². The van der Waals surface area contributed by atoms with Crippen molar-refractivity contribution in [1.82, 2.24) is 4.98 Å². The van der Waals surface area contributed by atoms with E-state index in [2.05, 4.69) is 11.9 Å². The standard InChI is InChI=1S/C9H14N2/c1-4-9-6(2)5-8(10)7(3)11-9/h5H,4,10H2,1-3H3. The SMILES string of the molecule is CCc1nc(C)c(N)cc1C. The molecule has 2 nitrogen and oxygen atoms in total. The molecule has 0 aliphatic rings. The van der Waals surface area contributed by atoms with Crippen molar-refractivity contribution in [3.63, 3.8) is 0 Å². The summed E-state index contributed by atoms with van der Waals surface area (Å²) in [5.41, 5.74) is 9.75. The van der Waals surface area contributed by atoms with Gasteiger partial charge < -0.3 is 5.73 Å². The number of rotatable bonds is 1. The molecule has 0 saturated heterocycles. The summed E-state index contributed by atoms with van der Waals surface area (Å²) in [5.74, 6) is 0. The maximum Gasteiger partial charge on any atom is 0.0605 e. The molecule has 11 heavy (non-hydrogen) atoms. The number of hydrogen-bond acceptors (Lipinski definition) is 2. The zero-order valence-corrected chi connectivity index (χ0v) is 7.31. The average molecular weight is 150 g/mol. The number of nitrogen functional groups attached to an aromatic ring is 1. The van der Waals surface area contributed by atoms with Crippen LogP contribution in [0.3, 0.4) is 0 Å². The predicted molar refractivity (Wildman–Crippen MR) is 47.5 cm³/mol. The van der Waals surface area contributed by atoms with E-state index < -0.39 is 0 Å². The van der Waals surface area contributed by atoms with Crippen LogP contribution in [-0.4, -0.2) is 4.98 Å². The second kappa shape index (κ2) is 2.91. The van der Waals surface area contributed by atoms with Crippen LogP contribution in [0.5, 0.6) is 0 Å². The van der Waals surface area contributed by atoms with Crippen molar-refractivity contribution in [2.75, 3.05) is 5.73 Å². The van der Waals surface area contributed by atoms with E-state index in [1.54, 1.807) is 0 Å². The predicted octanol–water partition coefficient (Wildman–Crippen LogP) is 1.84. The summed E-state index contributed by atoms with van der Waals surface area (Å²) in [5, 5.41) is 0. The summed E-state index contributed by atoms with van der Waals surface area (Å²) in [6, 6.07) is 1.99. The molecule has 0 unspecified atom stereocenters. The van der Waals surface area contributed by atoms with E-state index in [0.29, 0.717) is 0 Å². The highest BCUT2D eigenvalue weighted by molar-refractivity contribution is 5.45. The average Bonchev–Trinajstić information content (AvgIpc) is 1.97. The number of aromatic nitrogens is 1. The van der Waals surface area contributed by atoms with Gasteiger partial charge in [-0.3, -0.25) is 4.98 Å². The number of anilines is 1. The van der Waals surface area contributed by atoms with E-state index in [-0.39, 0.29) is 0 Å². The minimum Gasteiger partial charge on any atom is -0.397 e. The molecule has 1 heterocycles. The van der Waals surface area contributed by atoms with Gasteiger partial charge in [0.15, 0.2) is 0 Å². The lowest BCUT2D eigenvalue weighted by atomic mass is 10.1. The number of aryl methyl sites for hydroxylation is 3. The van der Waals surface area contributed by atoms with Gasteiger partial charge in [-0.25, -0.2) is 0 Å². The first-order chi connectivity index (χ1) is 5.15. The van der Waals surface area contributed by atoms with Crippen LogP contribution in [0.2, 0.25) is 0 Å². The Morgan fingerprint density at radius 3 is 2.64 bits per heavy atom. The van der Waals surface area contributed by atoms with Crippen molar-refractivity contribution >= 4 is 5.69 Å². The van der Waals surface area contributed by atoms with Gasteiger partial charge in [0, 0.05) is 5.69 Å². The number of nitrogens with zero attached hydrogens (tertiary/aromatic N) is 1. The Kier molecular flexibility index (Phi) is 2.13. The van der Waals surface area contributed by atoms with Crippen LogP contribution < -0.4 is 5.73 Å². The molecule has 0 aliphatic carbocycles. The van der Waals surface area contributed by atoms with Gasteiger partial charge in [-0.15, -0.1) is 0 Å². The van der Waals surface area contributed by atoms with Gasteiger partial charge in [0.1, 0.15) is 0 Å². The van der Waals surface area contributed by atoms with Crippen LogP contribution in [-0.2, 0) is 6.42 Å². The van der Waals surface area contributed by atoms with Crippen molar-refractivity contribution in [2.24, 2.45) is 0 Å². The second-order valence-corrected chi connectivity index (χ2v) is 2.78. The van der Waals surface area contributed by atoms with Crippen LogP contribution in [0.15, 0.2) is 6.07 Å². The van der Waals surface area contributed by atoms with Gasteiger partial charge in [0.05, 0.1) is 11.4 Å². The summed E-state index contributed by atoms with van der Waals surface area (Å²) in [7, 11) is 0. The summed E-state index contributed by atoms with van der Waals surface area (Å²) < 4.78 is 0. The van der Waals surface area contributed by atoms with E-state index in [4.69, 9.17) is 5.73 Å². The molecule has 1 rings (SSSR count). The van der Waals surface area contributed by atoms with Crippen LogP contribution in [0.25, 0.3) is 0 Å². The third kappa shape index (κ3) is 1.50. The third-order valence-corrected chi connectivity index (χ3v) is 1.88. The Labute approximate surface area is 67.5 Å². The molecule has 2 heteroatoms. The van der Waals surface area contributed by atoms with Crippen LogP contribution >= 0.6 is 0 Å². The monoisotopic (exact) mass is 150 g/mol.